The molecular formula is C16H22N6O3. The fourth-order valence-corrected chi connectivity index (χ4v) is 3.04. The van der Waals surface area contributed by atoms with Crippen molar-refractivity contribution in [2.75, 3.05) is 18.2 Å². The summed E-state index contributed by atoms with van der Waals surface area (Å²) in [7, 11) is 1.60. The first-order valence-corrected chi connectivity index (χ1v) is 8.18. The molecule has 0 spiro atoms. The number of hydrogen-bond acceptors (Lipinski definition) is 6. The molecule has 1 aliphatic heterocycles. The average Bonchev–Trinajstić information content (AvgIpc) is 3.00. The third-order valence-corrected chi connectivity index (χ3v) is 4.50. The number of rotatable bonds is 5. The maximum Gasteiger partial charge on any atom is 0.332 e. The van der Waals surface area contributed by atoms with E-state index >= 15 is 0 Å². The van der Waals surface area contributed by atoms with Crippen LogP contribution in [0.15, 0.2) is 27.3 Å². The lowest BCUT2D eigenvalue weighted by Crippen LogP contribution is -2.40. The normalized spacial score (nSPS) is 16.9. The largest absolute Gasteiger partial charge is 0.396 e. The van der Waals surface area contributed by atoms with Gasteiger partial charge in [-0.05, 0) is 20.3 Å². The molecule has 2 aromatic rings. The Morgan fingerprint density at radius 2 is 2.08 bits per heavy atom. The summed E-state index contributed by atoms with van der Waals surface area (Å²) in [5.74, 6) is 0.505. The van der Waals surface area contributed by atoms with Crippen molar-refractivity contribution in [3.05, 3.63) is 33.5 Å². The molecule has 3 heterocycles. The third-order valence-electron chi connectivity index (χ3n) is 4.50. The van der Waals surface area contributed by atoms with Crippen molar-refractivity contribution in [2.24, 2.45) is 12.1 Å². The summed E-state index contributed by atoms with van der Waals surface area (Å²) < 4.78 is 4.34. The van der Waals surface area contributed by atoms with Gasteiger partial charge in [-0.25, -0.2) is 9.80 Å². The Kier molecular flexibility index (Phi) is 4.34. The van der Waals surface area contributed by atoms with Crippen molar-refractivity contribution in [1.82, 2.24) is 18.7 Å². The average molecular weight is 346 g/mol. The SMILES string of the molecule is C=CCn1c(=O)c2c(nc3n2[C@H](C)C(C)=NN3CCCO)n(C)c1=O. The zero-order valence-electron chi connectivity index (χ0n) is 14.6. The van der Waals surface area contributed by atoms with Gasteiger partial charge >= 0.3 is 5.69 Å². The molecule has 0 bridgehead atoms. The number of fused-ring (bicyclic) bond motifs is 3. The van der Waals surface area contributed by atoms with E-state index in [1.54, 1.807) is 12.1 Å². The van der Waals surface area contributed by atoms with Crippen LogP contribution in [0.4, 0.5) is 5.95 Å². The lowest BCUT2D eigenvalue weighted by atomic mass is 10.2. The van der Waals surface area contributed by atoms with Gasteiger partial charge < -0.3 is 5.11 Å². The number of aliphatic hydroxyl groups excluding tert-OH is 1. The molecule has 9 nitrogen and oxygen atoms in total. The van der Waals surface area contributed by atoms with Crippen LogP contribution in [-0.2, 0) is 13.6 Å². The first-order chi connectivity index (χ1) is 11.9. The fourth-order valence-electron chi connectivity index (χ4n) is 3.04. The van der Waals surface area contributed by atoms with Gasteiger partial charge in [-0.1, -0.05) is 6.08 Å². The zero-order chi connectivity index (χ0) is 18.3. The minimum absolute atomic E-state index is 0.0332. The van der Waals surface area contributed by atoms with Gasteiger partial charge in [0.2, 0.25) is 5.95 Å². The lowest BCUT2D eigenvalue weighted by molar-refractivity contribution is 0.289. The minimum atomic E-state index is -0.431. The quantitative estimate of drug-likeness (QED) is 0.781. The van der Waals surface area contributed by atoms with Crippen LogP contribution in [-0.4, -0.2) is 42.7 Å². The first-order valence-electron chi connectivity index (χ1n) is 8.18. The Hall–Kier alpha value is -2.68. The molecule has 1 N–H and O–H groups in total. The number of hydrogen-bond donors (Lipinski definition) is 1. The molecule has 3 rings (SSSR count). The topological polar surface area (TPSA) is 97.7 Å². The minimum Gasteiger partial charge on any atom is -0.396 e. The van der Waals surface area contributed by atoms with Crippen LogP contribution in [0, 0.1) is 0 Å². The van der Waals surface area contributed by atoms with Gasteiger partial charge in [-0.3, -0.25) is 18.5 Å². The molecule has 25 heavy (non-hydrogen) atoms. The Balaban J connectivity index is 2.35. The van der Waals surface area contributed by atoms with Crippen LogP contribution >= 0.6 is 0 Å². The number of anilines is 1. The van der Waals surface area contributed by atoms with E-state index in [-0.39, 0.29) is 24.8 Å². The van der Waals surface area contributed by atoms with Gasteiger partial charge in [-0.15, -0.1) is 6.58 Å². The summed E-state index contributed by atoms with van der Waals surface area (Å²) in [5, 5.41) is 15.3. The van der Waals surface area contributed by atoms with Crippen molar-refractivity contribution < 1.29 is 5.11 Å². The number of aliphatic hydroxyl groups is 1. The summed E-state index contributed by atoms with van der Waals surface area (Å²) in [4.78, 5) is 29.9. The van der Waals surface area contributed by atoms with E-state index in [4.69, 9.17) is 5.11 Å². The number of nitrogens with zero attached hydrogens (tertiary/aromatic N) is 6. The number of hydrazone groups is 1. The third kappa shape index (κ3) is 2.51. The highest BCUT2D eigenvalue weighted by atomic mass is 16.3. The Bertz CT molecular complexity index is 980. The summed E-state index contributed by atoms with van der Waals surface area (Å²) in [6.45, 7) is 8.08. The van der Waals surface area contributed by atoms with Crippen molar-refractivity contribution >= 4 is 22.8 Å². The number of aromatic nitrogens is 4. The molecule has 1 atom stereocenters. The second kappa shape index (κ2) is 6.32. The number of imidazole rings is 1. The van der Waals surface area contributed by atoms with E-state index < -0.39 is 5.69 Å². The highest BCUT2D eigenvalue weighted by Gasteiger charge is 2.30. The molecule has 0 saturated carbocycles. The van der Waals surface area contributed by atoms with Crippen LogP contribution in [0.2, 0.25) is 0 Å². The lowest BCUT2D eigenvalue weighted by Gasteiger charge is -2.29. The van der Waals surface area contributed by atoms with Crippen LogP contribution in [0.25, 0.3) is 11.2 Å². The fraction of sp³-hybridized carbons (Fsp3) is 0.500. The Morgan fingerprint density at radius 1 is 1.36 bits per heavy atom. The van der Waals surface area contributed by atoms with Crippen LogP contribution in [0.3, 0.4) is 0 Å². The molecule has 0 saturated heterocycles. The number of allylic oxidation sites excluding steroid dienone is 1. The van der Waals surface area contributed by atoms with E-state index in [1.807, 2.05) is 18.4 Å². The van der Waals surface area contributed by atoms with E-state index in [0.29, 0.717) is 30.1 Å². The van der Waals surface area contributed by atoms with Gasteiger partial charge in [0.05, 0.1) is 11.8 Å². The zero-order valence-corrected chi connectivity index (χ0v) is 14.6. The maximum atomic E-state index is 12.9. The molecule has 2 aromatic heterocycles. The molecular weight excluding hydrogens is 324 g/mol. The van der Waals surface area contributed by atoms with Gasteiger partial charge in [0, 0.05) is 26.7 Å². The molecule has 0 amide bonds. The molecule has 0 unspecified atom stereocenters. The maximum absolute atomic E-state index is 12.9. The predicted octanol–water partition coefficient (Wildman–Crippen LogP) is 0.222. The standard InChI is InChI=1S/C16H22N6O3/c1-5-7-20-14(24)12-13(19(4)16(20)25)17-15-21(8-6-9-23)18-10(2)11(3)22(12)15/h5,11,23H,1,6-9H2,2-4H3/t11-/m1/s1. The van der Waals surface area contributed by atoms with Crippen molar-refractivity contribution in [3.8, 4) is 0 Å². The van der Waals surface area contributed by atoms with Gasteiger partial charge in [0.25, 0.3) is 5.56 Å². The van der Waals surface area contributed by atoms with Crippen LogP contribution in [0.5, 0.6) is 0 Å². The summed E-state index contributed by atoms with van der Waals surface area (Å²) >= 11 is 0. The van der Waals surface area contributed by atoms with E-state index in [9.17, 15) is 9.59 Å². The Morgan fingerprint density at radius 3 is 2.72 bits per heavy atom. The number of aryl methyl sites for hydroxylation is 1. The predicted molar refractivity (Wildman–Crippen MR) is 96.3 cm³/mol. The van der Waals surface area contributed by atoms with Crippen molar-refractivity contribution in [1.29, 1.82) is 0 Å². The summed E-state index contributed by atoms with van der Waals surface area (Å²) in [6.07, 6.45) is 2.04. The summed E-state index contributed by atoms with van der Waals surface area (Å²) in [6, 6.07) is -0.159. The molecule has 0 radical (unpaired) electrons. The molecule has 1 aliphatic rings. The van der Waals surface area contributed by atoms with Crippen LogP contribution in [0.1, 0.15) is 26.3 Å². The van der Waals surface area contributed by atoms with Gasteiger partial charge in [0.1, 0.15) is 0 Å². The monoisotopic (exact) mass is 346 g/mol. The van der Waals surface area contributed by atoms with E-state index in [0.717, 1.165) is 10.3 Å². The van der Waals surface area contributed by atoms with E-state index in [1.165, 1.54) is 10.6 Å². The second-order valence-corrected chi connectivity index (χ2v) is 6.12. The van der Waals surface area contributed by atoms with Crippen molar-refractivity contribution in [3.63, 3.8) is 0 Å². The highest BCUT2D eigenvalue weighted by Crippen LogP contribution is 2.29. The Labute approximate surface area is 144 Å². The molecule has 0 fully saturated rings. The highest BCUT2D eigenvalue weighted by molar-refractivity contribution is 5.91. The van der Waals surface area contributed by atoms with Gasteiger partial charge in [0.15, 0.2) is 11.2 Å². The van der Waals surface area contributed by atoms with Gasteiger partial charge in [-0.2, -0.15) is 10.1 Å². The summed E-state index contributed by atoms with van der Waals surface area (Å²) in [5.41, 5.74) is 0.708. The smallest absolute Gasteiger partial charge is 0.332 e. The second-order valence-electron chi connectivity index (χ2n) is 6.12. The molecule has 134 valence electrons. The molecule has 0 aromatic carbocycles. The van der Waals surface area contributed by atoms with Crippen molar-refractivity contribution in [2.45, 2.75) is 32.9 Å². The molecule has 9 heteroatoms. The van der Waals surface area contributed by atoms with Crippen LogP contribution < -0.4 is 16.3 Å². The first kappa shape index (κ1) is 17.2. The molecule has 0 aliphatic carbocycles. The van der Waals surface area contributed by atoms with E-state index in [2.05, 4.69) is 16.7 Å².